The summed E-state index contributed by atoms with van der Waals surface area (Å²) in [6, 6.07) is -2.20. The standard InChI is InChI=1S/C14H24N4O7/c15-6(1-2-7(16)13(22)23)5-8-10(20)11(21)12(25-8)18-4-3-9(19)17-14(18)24/h6-8,10-12,20-21H,1-5,15-16H2,(H,22,23)(H,17,19,24)/t6-,7-,8+,10+,11+,12-/m0/s1. The molecule has 2 aliphatic rings. The van der Waals surface area contributed by atoms with Gasteiger partial charge in [-0.3, -0.25) is 19.8 Å². The molecule has 0 aromatic heterocycles. The lowest BCUT2D eigenvalue weighted by molar-refractivity contribution is -0.138. The predicted octanol–water partition coefficient (Wildman–Crippen LogP) is -2.72. The number of carboxylic acids is 1. The number of urea groups is 1. The maximum Gasteiger partial charge on any atom is 0.326 e. The van der Waals surface area contributed by atoms with Crippen LogP contribution in [0.4, 0.5) is 4.79 Å². The first-order chi connectivity index (χ1) is 11.7. The number of carbonyl (C=O) groups excluding carboxylic acids is 2. The van der Waals surface area contributed by atoms with E-state index in [9.17, 15) is 24.6 Å². The third-order valence-electron chi connectivity index (χ3n) is 4.43. The Hall–Kier alpha value is -1.79. The van der Waals surface area contributed by atoms with E-state index in [0.717, 1.165) is 4.90 Å². The van der Waals surface area contributed by atoms with Crippen LogP contribution in [-0.2, 0) is 14.3 Å². The van der Waals surface area contributed by atoms with Gasteiger partial charge in [-0.2, -0.15) is 0 Å². The van der Waals surface area contributed by atoms with Crippen molar-refractivity contribution in [2.75, 3.05) is 6.54 Å². The van der Waals surface area contributed by atoms with Crippen LogP contribution in [0.2, 0.25) is 0 Å². The second-order valence-electron chi connectivity index (χ2n) is 6.36. The molecule has 0 aromatic carbocycles. The summed E-state index contributed by atoms with van der Waals surface area (Å²) in [4.78, 5) is 34.9. The Morgan fingerprint density at radius 3 is 2.56 bits per heavy atom. The van der Waals surface area contributed by atoms with Crippen molar-refractivity contribution >= 4 is 17.9 Å². The highest BCUT2D eigenvalue weighted by Crippen LogP contribution is 2.28. The Balaban J connectivity index is 1.89. The van der Waals surface area contributed by atoms with Crippen molar-refractivity contribution in [1.29, 1.82) is 0 Å². The van der Waals surface area contributed by atoms with E-state index >= 15 is 0 Å². The Morgan fingerprint density at radius 2 is 1.96 bits per heavy atom. The van der Waals surface area contributed by atoms with Gasteiger partial charge in [0.15, 0.2) is 6.23 Å². The molecule has 2 heterocycles. The van der Waals surface area contributed by atoms with E-state index in [1.165, 1.54) is 0 Å². The number of hydrogen-bond donors (Lipinski definition) is 6. The number of ether oxygens (including phenoxy) is 1. The molecule has 2 fully saturated rings. The Labute approximate surface area is 143 Å². The van der Waals surface area contributed by atoms with Gasteiger partial charge >= 0.3 is 12.0 Å². The average Bonchev–Trinajstić information content (AvgIpc) is 2.81. The summed E-state index contributed by atoms with van der Waals surface area (Å²) in [7, 11) is 0. The first kappa shape index (κ1) is 19.5. The summed E-state index contributed by atoms with van der Waals surface area (Å²) in [5.41, 5.74) is 11.3. The minimum atomic E-state index is -1.34. The van der Waals surface area contributed by atoms with Crippen LogP contribution >= 0.6 is 0 Å². The number of rotatable bonds is 7. The maximum atomic E-state index is 11.8. The molecule has 0 spiro atoms. The van der Waals surface area contributed by atoms with Gasteiger partial charge in [-0.1, -0.05) is 0 Å². The summed E-state index contributed by atoms with van der Waals surface area (Å²) in [6.07, 6.45) is -3.78. The highest BCUT2D eigenvalue weighted by Gasteiger charge is 2.48. The number of nitrogens with one attached hydrogen (secondary N) is 1. The predicted molar refractivity (Wildman–Crippen MR) is 83.0 cm³/mol. The quantitative estimate of drug-likeness (QED) is 0.280. The molecule has 8 N–H and O–H groups in total. The van der Waals surface area contributed by atoms with Crippen LogP contribution in [0.5, 0.6) is 0 Å². The van der Waals surface area contributed by atoms with Crippen LogP contribution < -0.4 is 16.8 Å². The summed E-state index contributed by atoms with van der Waals surface area (Å²) < 4.78 is 5.58. The number of nitrogens with zero attached hydrogens (tertiary/aromatic N) is 1. The van der Waals surface area contributed by atoms with E-state index in [1.54, 1.807) is 0 Å². The summed E-state index contributed by atoms with van der Waals surface area (Å²) in [5, 5.41) is 31.2. The zero-order chi connectivity index (χ0) is 18.7. The number of imide groups is 1. The lowest BCUT2D eigenvalue weighted by atomic mass is 9.98. The largest absolute Gasteiger partial charge is 0.480 e. The van der Waals surface area contributed by atoms with E-state index in [4.69, 9.17) is 21.3 Å². The zero-order valence-electron chi connectivity index (χ0n) is 13.6. The Bertz CT molecular complexity index is 531. The Morgan fingerprint density at radius 1 is 1.28 bits per heavy atom. The fourth-order valence-electron chi connectivity index (χ4n) is 2.93. The second kappa shape index (κ2) is 8.06. The van der Waals surface area contributed by atoms with Crippen LogP contribution in [0.15, 0.2) is 0 Å². The molecule has 2 saturated heterocycles. The van der Waals surface area contributed by atoms with Gasteiger partial charge in [0.05, 0.1) is 6.10 Å². The van der Waals surface area contributed by atoms with Gasteiger partial charge < -0.3 is 31.5 Å². The van der Waals surface area contributed by atoms with Gasteiger partial charge in [0.2, 0.25) is 5.91 Å². The molecule has 3 amide bonds. The fraction of sp³-hybridized carbons (Fsp3) is 0.786. The van der Waals surface area contributed by atoms with E-state index in [1.807, 2.05) is 0 Å². The third-order valence-corrected chi connectivity index (χ3v) is 4.43. The van der Waals surface area contributed by atoms with Crippen LogP contribution in [0, 0.1) is 0 Å². The molecule has 0 saturated carbocycles. The molecule has 25 heavy (non-hydrogen) atoms. The summed E-state index contributed by atoms with van der Waals surface area (Å²) >= 11 is 0. The lowest BCUT2D eigenvalue weighted by Crippen LogP contribution is -2.56. The van der Waals surface area contributed by atoms with Crippen molar-refractivity contribution in [2.24, 2.45) is 11.5 Å². The van der Waals surface area contributed by atoms with Crippen LogP contribution in [0.1, 0.15) is 25.7 Å². The number of hydrogen-bond acceptors (Lipinski definition) is 8. The Kier molecular flexibility index (Phi) is 6.30. The van der Waals surface area contributed by atoms with Gasteiger partial charge in [0, 0.05) is 19.0 Å². The van der Waals surface area contributed by atoms with Gasteiger partial charge in [0.25, 0.3) is 0 Å². The minimum absolute atomic E-state index is 0.0748. The SMILES string of the molecule is N[C@@H](CC[C@H](N)C(=O)O)C[C@H]1O[C@H](N2CCC(=O)NC2=O)[C@H](O)[C@@H]1O. The molecular weight excluding hydrogens is 336 g/mol. The first-order valence-electron chi connectivity index (χ1n) is 8.06. The molecule has 0 radical (unpaired) electrons. The molecule has 2 rings (SSSR count). The number of carboxylic acid groups (broad SMARTS) is 1. The van der Waals surface area contributed by atoms with Crippen LogP contribution in [0.3, 0.4) is 0 Å². The number of aliphatic hydroxyl groups is 2. The normalized spacial score (nSPS) is 32.4. The highest BCUT2D eigenvalue weighted by molar-refractivity contribution is 5.96. The molecular formula is C14H24N4O7. The van der Waals surface area contributed by atoms with E-state index in [0.29, 0.717) is 6.42 Å². The monoisotopic (exact) mass is 360 g/mol. The number of amides is 3. The van der Waals surface area contributed by atoms with Crippen LogP contribution in [-0.4, -0.2) is 81.3 Å². The molecule has 0 bridgehead atoms. The van der Waals surface area contributed by atoms with Gasteiger partial charge in [-0.25, -0.2) is 4.79 Å². The number of aliphatic carboxylic acids is 1. The van der Waals surface area contributed by atoms with E-state index < -0.39 is 54.5 Å². The molecule has 0 aromatic rings. The highest BCUT2D eigenvalue weighted by atomic mass is 16.6. The van der Waals surface area contributed by atoms with Crippen LogP contribution in [0.25, 0.3) is 0 Å². The van der Waals surface area contributed by atoms with Crippen molar-refractivity contribution in [3.8, 4) is 0 Å². The topological polar surface area (TPSA) is 188 Å². The lowest BCUT2D eigenvalue weighted by Gasteiger charge is -2.32. The number of aliphatic hydroxyl groups excluding tert-OH is 2. The minimum Gasteiger partial charge on any atom is -0.480 e. The van der Waals surface area contributed by atoms with Gasteiger partial charge in [0.1, 0.15) is 18.2 Å². The second-order valence-corrected chi connectivity index (χ2v) is 6.36. The molecule has 0 aliphatic carbocycles. The number of nitrogens with two attached hydrogens (primary N) is 2. The van der Waals surface area contributed by atoms with Gasteiger partial charge in [-0.05, 0) is 19.3 Å². The molecule has 2 aliphatic heterocycles. The fourth-order valence-corrected chi connectivity index (χ4v) is 2.93. The van der Waals surface area contributed by atoms with Gasteiger partial charge in [-0.15, -0.1) is 0 Å². The molecule has 142 valence electrons. The summed E-state index contributed by atoms with van der Waals surface area (Å²) in [6.45, 7) is 0.0748. The average molecular weight is 360 g/mol. The summed E-state index contributed by atoms with van der Waals surface area (Å²) in [5.74, 6) is -1.53. The molecule has 6 atom stereocenters. The van der Waals surface area contributed by atoms with E-state index in [-0.39, 0.29) is 25.8 Å². The van der Waals surface area contributed by atoms with E-state index in [2.05, 4.69) is 5.32 Å². The molecule has 11 nitrogen and oxygen atoms in total. The number of carbonyl (C=O) groups is 3. The first-order valence-corrected chi connectivity index (χ1v) is 8.06. The molecule has 11 heteroatoms. The zero-order valence-corrected chi connectivity index (χ0v) is 13.6. The smallest absolute Gasteiger partial charge is 0.326 e. The molecule has 0 unspecified atom stereocenters. The van der Waals surface area contributed by atoms with Crippen molar-refractivity contribution in [1.82, 2.24) is 10.2 Å². The maximum absolute atomic E-state index is 11.8. The van der Waals surface area contributed by atoms with Crippen molar-refractivity contribution in [3.63, 3.8) is 0 Å². The van der Waals surface area contributed by atoms with Crippen molar-refractivity contribution in [3.05, 3.63) is 0 Å². The third kappa shape index (κ3) is 4.64. The van der Waals surface area contributed by atoms with Crippen molar-refractivity contribution in [2.45, 2.75) is 62.3 Å². The van der Waals surface area contributed by atoms with Crippen molar-refractivity contribution < 1.29 is 34.4 Å².